The number of hydrogen-bond acceptors (Lipinski definition) is 4. The van der Waals surface area contributed by atoms with Gasteiger partial charge in [0.05, 0.1) is 5.69 Å². The van der Waals surface area contributed by atoms with Crippen molar-refractivity contribution in [2.45, 2.75) is 0 Å². The van der Waals surface area contributed by atoms with Crippen molar-refractivity contribution in [3.05, 3.63) is 72.4 Å². The summed E-state index contributed by atoms with van der Waals surface area (Å²) in [5.41, 5.74) is 9.94. The first-order valence-electron chi connectivity index (χ1n) is 7.94. The monoisotopic (exact) mass is 332 g/mol. The Hall–Kier alpha value is -3.34. The number of carbonyl (C=O) groups is 1. The number of amides is 1. The summed E-state index contributed by atoms with van der Waals surface area (Å²) in [6.07, 6.45) is 1.70. The van der Waals surface area contributed by atoms with Gasteiger partial charge in [-0.1, -0.05) is 30.3 Å². The highest BCUT2D eigenvalue weighted by Crippen LogP contribution is 2.25. The largest absolute Gasteiger partial charge is 0.382 e. The van der Waals surface area contributed by atoms with Crippen LogP contribution in [0.5, 0.6) is 0 Å². The Morgan fingerprint density at radius 2 is 1.68 bits per heavy atom. The quantitative estimate of drug-likeness (QED) is 0.765. The van der Waals surface area contributed by atoms with Gasteiger partial charge in [0.1, 0.15) is 5.82 Å². The standard InChI is InChI=1S/C20H20N4O/c1-24(2)17-10-8-15(9-11-17)20(25)23-18-12-16(13-22-19(18)21)14-6-4-3-5-7-14/h3-13H,1-2H3,(H2,21,22)(H,23,25). The lowest BCUT2D eigenvalue weighted by atomic mass is 10.1. The minimum atomic E-state index is -0.219. The van der Waals surface area contributed by atoms with Gasteiger partial charge in [-0.15, -0.1) is 0 Å². The molecule has 3 N–H and O–H groups in total. The minimum absolute atomic E-state index is 0.219. The van der Waals surface area contributed by atoms with Crippen LogP contribution in [0.4, 0.5) is 17.2 Å². The summed E-state index contributed by atoms with van der Waals surface area (Å²) in [5, 5.41) is 2.85. The van der Waals surface area contributed by atoms with E-state index in [2.05, 4.69) is 10.3 Å². The van der Waals surface area contributed by atoms with Crippen LogP contribution in [0.15, 0.2) is 66.9 Å². The van der Waals surface area contributed by atoms with Gasteiger partial charge < -0.3 is 16.0 Å². The zero-order chi connectivity index (χ0) is 17.8. The van der Waals surface area contributed by atoms with Gasteiger partial charge in [0.15, 0.2) is 0 Å². The average molecular weight is 332 g/mol. The molecular formula is C20H20N4O. The number of hydrogen-bond donors (Lipinski definition) is 2. The first kappa shape index (κ1) is 16.5. The topological polar surface area (TPSA) is 71.2 Å². The van der Waals surface area contributed by atoms with Gasteiger partial charge in [0.2, 0.25) is 0 Å². The molecule has 0 aliphatic heterocycles. The number of carbonyl (C=O) groups excluding carboxylic acids is 1. The van der Waals surface area contributed by atoms with Crippen LogP contribution in [0.3, 0.4) is 0 Å². The van der Waals surface area contributed by atoms with Crippen molar-refractivity contribution >= 4 is 23.1 Å². The predicted molar refractivity (Wildman–Crippen MR) is 103 cm³/mol. The normalized spacial score (nSPS) is 10.3. The summed E-state index contributed by atoms with van der Waals surface area (Å²) in [5.74, 6) is 0.0713. The summed E-state index contributed by atoms with van der Waals surface area (Å²) in [7, 11) is 3.91. The van der Waals surface area contributed by atoms with E-state index < -0.39 is 0 Å². The van der Waals surface area contributed by atoms with E-state index >= 15 is 0 Å². The lowest BCUT2D eigenvalue weighted by Gasteiger charge is -2.13. The second kappa shape index (κ2) is 7.05. The Morgan fingerprint density at radius 3 is 2.32 bits per heavy atom. The van der Waals surface area contributed by atoms with E-state index in [-0.39, 0.29) is 11.7 Å². The molecule has 0 fully saturated rings. The van der Waals surface area contributed by atoms with Gasteiger partial charge in [-0.05, 0) is 35.9 Å². The number of nitrogen functional groups attached to an aromatic ring is 1. The molecule has 0 saturated carbocycles. The molecule has 3 aromatic rings. The average Bonchev–Trinajstić information content (AvgIpc) is 2.64. The molecule has 0 saturated heterocycles. The van der Waals surface area contributed by atoms with E-state index in [1.807, 2.05) is 67.5 Å². The number of nitrogens with two attached hydrogens (primary N) is 1. The lowest BCUT2D eigenvalue weighted by molar-refractivity contribution is 0.102. The molecule has 0 aliphatic rings. The fraction of sp³-hybridized carbons (Fsp3) is 0.100. The minimum Gasteiger partial charge on any atom is -0.382 e. The molecule has 2 aromatic carbocycles. The van der Waals surface area contributed by atoms with Crippen LogP contribution < -0.4 is 16.0 Å². The van der Waals surface area contributed by atoms with Crippen molar-refractivity contribution in [1.82, 2.24) is 4.98 Å². The Labute approximate surface area is 147 Å². The molecule has 0 spiro atoms. The number of nitrogens with zero attached hydrogens (tertiary/aromatic N) is 2. The Morgan fingerprint density at radius 1 is 1.00 bits per heavy atom. The Balaban J connectivity index is 1.83. The third-order valence-corrected chi connectivity index (χ3v) is 3.92. The van der Waals surface area contributed by atoms with Crippen molar-refractivity contribution in [1.29, 1.82) is 0 Å². The SMILES string of the molecule is CN(C)c1ccc(C(=O)Nc2cc(-c3ccccc3)cnc2N)cc1. The third-order valence-electron chi connectivity index (χ3n) is 3.92. The van der Waals surface area contributed by atoms with Gasteiger partial charge >= 0.3 is 0 Å². The van der Waals surface area contributed by atoms with Gasteiger partial charge in [-0.3, -0.25) is 4.79 Å². The van der Waals surface area contributed by atoms with E-state index in [1.165, 1.54) is 0 Å². The summed E-state index contributed by atoms with van der Waals surface area (Å²) in [6, 6.07) is 19.0. The zero-order valence-corrected chi connectivity index (χ0v) is 14.2. The predicted octanol–water partition coefficient (Wildman–Crippen LogP) is 3.65. The van der Waals surface area contributed by atoms with Gasteiger partial charge in [0, 0.05) is 37.1 Å². The molecule has 126 valence electrons. The van der Waals surface area contributed by atoms with Gasteiger partial charge in [-0.2, -0.15) is 0 Å². The van der Waals surface area contributed by atoms with Crippen LogP contribution in [0.2, 0.25) is 0 Å². The molecule has 5 heteroatoms. The highest BCUT2D eigenvalue weighted by molar-refractivity contribution is 6.06. The fourth-order valence-corrected chi connectivity index (χ4v) is 2.47. The van der Waals surface area contributed by atoms with Crippen LogP contribution in [0.1, 0.15) is 10.4 Å². The van der Waals surface area contributed by atoms with Crippen LogP contribution in [0.25, 0.3) is 11.1 Å². The number of rotatable bonds is 4. The highest BCUT2D eigenvalue weighted by Gasteiger charge is 2.10. The first-order valence-corrected chi connectivity index (χ1v) is 7.94. The number of aromatic nitrogens is 1. The van der Waals surface area contributed by atoms with Gasteiger partial charge in [-0.25, -0.2) is 4.98 Å². The molecule has 1 amide bonds. The summed E-state index contributed by atoms with van der Waals surface area (Å²) >= 11 is 0. The molecule has 0 radical (unpaired) electrons. The molecule has 25 heavy (non-hydrogen) atoms. The summed E-state index contributed by atoms with van der Waals surface area (Å²) in [4.78, 5) is 18.7. The molecule has 1 heterocycles. The molecule has 0 atom stereocenters. The number of benzene rings is 2. The Bertz CT molecular complexity index is 874. The zero-order valence-electron chi connectivity index (χ0n) is 14.2. The van der Waals surface area contributed by atoms with Crippen molar-refractivity contribution in [2.75, 3.05) is 30.0 Å². The van der Waals surface area contributed by atoms with E-state index in [0.29, 0.717) is 11.3 Å². The van der Waals surface area contributed by atoms with Crippen molar-refractivity contribution < 1.29 is 4.79 Å². The van der Waals surface area contributed by atoms with Crippen molar-refractivity contribution in [3.63, 3.8) is 0 Å². The second-order valence-corrected chi connectivity index (χ2v) is 5.92. The molecule has 0 unspecified atom stereocenters. The smallest absolute Gasteiger partial charge is 0.255 e. The number of pyridine rings is 1. The first-order chi connectivity index (χ1) is 12.0. The highest BCUT2D eigenvalue weighted by atomic mass is 16.1. The number of nitrogens with one attached hydrogen (secondary N) is 1. The molecular weight excluding hydrogens is 312 g/mol. The van der Waals surface area contributed by atoms with Gasteiger partial charge in [0.25, 0.3) is 5.91 Å². The summed E-state index contributed by atoms with van der Waals surface area (Å²) < 4.78 is 0. The molecule has 0 bridgehead atoms. The van der Waals surface area contributed by atoms with Crippen LogP contribution in [-0.4, -0.2) is 25.0 Å². The van der Waals surface area contributed by atoms with E-state index in [1.54, 1.807) is 18.3 Å². The van der Waals surface area contributed by atoms with Crippen LogP contribution >= 0.6 is 0 Å². The number of anilines is 3. The van der Waals surface area contributed by atoms with E-state index in [4.69, 9.17) is 5.73 Å². The fourth-order valence-electron chi connectivity index (χ4n) is 2.47. The van der Waals surface area contributed by atoms with Crippen LogP contribution in [-0.2, 0) is 0 Å². The van der Waals surface area contributed by atoms with E-state index in [0.717, 1.165) is 16.8 Å². The molecule has 3 rings (SSSR count). The van der Waals surface area contributed by atoms with Crippen molar-refractivity contribution in [3.8, 4) is 11.1 Å². The molecule has 5 nitrogen and oxygen atoms in total. The molecule has 1 aromatic heterocycles. The molecule has 0 aliphatic carbocycles. The maximum atomic E-state index is 12.5. The lowest BCUT2D eigenvalue weighted by Crippen LogP contribution is -2.14. The second-order valence-electron chi connectivity index (χ2n) is 5.92. The third kappa shape index (κ3) is 3.77. The maximum Gasteiger partial charge on any atom is 0.255 e. The van der Waals surface area contributed by atoms with E-state index in [9.17, 15) is 4.79 Å². The maximum absolute atomic E-state index is 12.5. The van der Waals surface area contributed by atoms with Crippen LogP contribution in [0, 0.1) is 0 Å². The Kier molecular flexibility index (Phi) is 4.66. The summed E-state index contributed by atoms with van der Waals surface area (Å²) in [6.45, 7) is 0. The van der Waals surface area contributed by atoms with Crippen molar-refractivity contribution in [2.24, 2.45) is 0 Å².